The quantitative estimate of drug-likeness (QED) is 0.665. The lowest BCUT2D eigenvalue weighted by Gasteiger charge is -2.10. The van der Waals surface area contributed by atoms with Crippen molar-refractivity contribution >= 4 is 0 Å². The first-order valence-electron chi connectivity index (χ1n) is 4.32. The highest BCUT2D eigenvalue weighted by Crippen LogP contribution is 2.11. The van der Waals surface area contributed by atoms with Gasteiger partial charge in [-0.2, -0.15) is 0 Å². The molecular weight excluding hydrogens is 138 g/mol. The molecule has 64 valence electrons. The smallest absolute Gasteiger partial charge is 0.0511 e. The van der Waals surface area contributed by atoms with Gasteiger partial charge in [-0.3, -0.25) is 0 Å². The van der Waals surface area contributed by atoms with E-state index in [4.69, 9.17) is 4.74 Å². The zero-order valence-corrected chi connectivity index (χ0v) is 7.23. The molecule has 0 bridgehead atoms. The predicted molar refractivity (Wildman–Crippen MR) is 46.4 cm³/mol. The van der Waals surface area contributed by atoms with Crippen molar-refractivity contribution in [3.63, 3.8) is 0 Å². The van der Waals surface area contributed by atoms with Gasteiger partial charge in [0.25, 0.3) is 0 Å². The normalized spacial score (nSPS) is 23.5. The monoisotopic (exact) mass is 155 g/mol. The van der Waals surface area contributed by atoms with Crippen LogP contribution >= 0.6 is 0 Å². The van der Waals surface area contributed by atoms with Crippen LogP contribution in [-0.4, -0.2) is 19.8 Å². The van der Waals surface area contributed by atoms with Gasteiger partial charge in [-0.25, -0.2) is 0 Å². The van der Waals surface area contributed by atoms with E-state index in [1.165, 1.54) is 6.42 Å². The molecule has 0 spiro atoms. The maximum Gasteiger partial charge on any atom is 0.0511 e. The van der Waals surface area contributed by atoms with Gasteiger partial charge in [0.1, 0.15) is 0 Å². The highest BCUT2D eigenvalue weighted by Gasteiger charge is 2.14. The maximum atomic E-state index is 5.25. The first kappa shape index (κ1) is 8.60. The lowest BCUT2D eigenvalue weighted by molar-refractivity contribution is 0.186. The molecular formula is C9H17NO. The Morgan fingerprint density at radius 3 is 3.09 bits per heavy atom. The average molecular weight is 155 g/mol. The van der Waals surface area contributed by atoms with Crippen molar-refractivity contribution in [1.29, 1.82) is 0 Å². The van der Waals surface area contributed by atoms with Gasteiger partial charge in [-0.05, 0) is 12.8 Å². The number of hydrogen-bond acceptors (Lipinski definition) is 2. The van der Waals surface area contributed by atoms with Crippen LogP contribution in [0.2, 0.25) is 0 Å². The molecule has 1 aliphatic heterocycles. The SMILES string of the molecule is C=C(CC)NCC1CCOC1. The minimum atomic E-state index is 0.707. The Kier molecular flexibility index (Phi) is 3.43. The van der Waals surface area contributed by atoms with Crippen molar-refractivity contribution in [2.45, 2.75) is 19.8 Å². The van der Waals surface area contributed by atoms with Gasteiger partial charge in [0.2, 0.25) is 0 Å². The fourth-order valence-corrected chi connectivity index (χ4v) is 1.16. The van der Waals surface area contributed by atoms with Gasteiger partial charge in [-0.1, -0.05) is 13.5 Å². The molecule has 1 fully saturated rings. The molecule has 0 saturated carbocycles. The van der Waals surface area contributed by atoms with E-state index in [9.17, 15) is 0 Å². The van der Waals surface area contributed by atoms with Crippen molar-refractivity contribution < 1.29 is 4.74 Å². The van der Waals surface area contributed by atoms with Crippen LogP contribution in [0.5, 0.6) is 0 Å². The van der Waals surface area contributed by atoms with Crippen LogP contribution < -0.4 is 5.32 Å². The summed E-state index contributed by atoms with van der Waals surface area (Å²) in [5.41, 5.74) is 1.14. The fourth-order valence-electron chi connectivity index (χ4n) is 1.16. The Balaban J connectivity index is 2.06. The first-order valence-corrected chi connectivity index (χ1v) is 4.32. The largest absolute Gasteiger partial charge is 0.388 e. The van der Waals surface area contributed by atoms with Crippen LogP contribution in [0.15, 0.2) is 12.3 Å². The molecule has 2 heteroatoms. The van der Waals surface area contributed by atoms with Crippen LogP contribution in [-0.2, 0) is 4.74 Å². The number of nitrogens with one attached hydrogen (secondary N) is 1. The molecule has 0 aromatic rings. The Hall–Kier alpha value is -0.500. The maximum absolute atomic E-state index is 5.25. The van der Waals surface area contributed by atoms with Crippen LogP contribution in [0.25, 0.3) is 0 Å². The number of allylic oxidation sites excluding steroid dienone is 1. The van der Waals surface area contributed by atoms with Crippen molar-refractivity contribution in [2.75, 3.05) is 19.8 Å². The number of ether oxygens (including phenoxy) is 1. The topological polar surface area (TPSA) is 21.3 Å². The molecule has 1 rings (SSSR count). The Labute approximate surface area is 68.6 Å². The third kappa shape index (κ3) is 2.93. The number of rotatable bonds is 4. The highest BCUT2D eigenvalue weighted by molar-refractivity contribution is 4.89. The van der Waals surface area contributed by atoms with E-state index in [-0.39, 0.29) is 0 Å². The highest BCUT2D eigenvalue weighted by atomic mass is 16.5. The number of hydrogen-bond donors (Lipinski definition) is 1. The van der Waals surface area contributed by atoms with Crippen molar-refractivity contribution in [2.24, 2.45) is 5.92 Å². The van der Waals surface area contributed by atoms with E-state index in [2.05, 4.69) is 18.8 Å². The van der Waals surface area contributed by atoms with Crippen LogP contribution in [0, 0.1) is 5.92 Å². The van der Waals surface area contributed by atoms with Gasteiger partial charge in [0, 0.05) is 24.8 Å². The fraction of sp³-hybridized carbons (Fsp3) is 0.778. The van der Waals surface area contributed by atoms with E-state index >= 15 is 0 Å². The molecule has 2 nitrogen and oxygen atoms in total. The van der Waals surface area contributed by atoms with Gasteiger partial charge in [0.15, 0.2) is 0 Å². The van der Waals surface area contributed by atoms with Gasteiger partial charge < -0.3 is 10.1 Å². The third-order valence-electron chi connectivity index (χ3n) is 2.09. The molecule has 1 atom stereocenters. The minimum Gasteiger partial charge on any atom is -0.388 e. The first-order chi connectivity index (χ1) is 5.33. The molecule has 1 aliphatic rings. The summed E-state index contributed by atoms with van der Waals surface area (Å²) in [4.78, 5) is 0. The molecule has 0 radical (unpaired) electrons. The lowest BCUT2D eigenvalue weighted by atomic mass is 10.1. The second-order valence-corrected chi connectivity index (χ2v) is 3.07. The molecule has 1 N–H and O–H groups in total. The van der Waals surface area contributed by atoms with E-state index in [1.807, 2.05) is 0 Å². The summed E-state index contributed by atoms with van der Waals surface area (Å²) in [5, 5.41) is 3.30. The summed E-state index contributed by atoms with van der Waals surface area (Å²) in [6, 6.07) is 0. The molecule has 0 amide bonds. The third-order valence-corrected chi connectivity index (χ3v) is 2.09. The van der Waals surface area contributed by atoms with Crippen molar-refractivity contribution in [3.8, 4) is 0 Å². The van der Waals surface area contributed by atoms with Gasteiger partial charge in [-0.15, -0.1) is 0 Å². The van der Waals surface area contributed by atoms with E-state index in [0.717, 1.165) is 31.9 Å². The van der Waals surface area contributed by atoms with E-state index in [1.54, 1.807) is 0 Å². The second kappa shape index (κ2) is 4.39. The summed E-state index contributed by atoms with van der Waals surface area (Å²) in [5.74, 6) is 0.707. The van der Waals surface area contributed by atoms with Crippen molar-refractivity contribution in [3.05, 3.63) is 12.3 Å². The molecule has 11 heavy (non-hydrogen) atoms. The zero-order valence-electron chi connectivity index (χ0n) is 7.23. The molecule has 0 aromatic carbocycles. The van der Waals surface area contributed by atoms with Crippen LogP contribution in [0.3, 0.4) is 0 Å². The van der Waals surface area contributed by atoms with E-state index in [0.29, 0.717) is 5.92 Å². The molecule has 1 unspecified atom stereocenters. The Morgan fingerprint density at radius 2 is 2.55 bits per heavy atom. The summed E-state index contributed by atoms with van der Waals surface area (Å²) in [6.07, 6.45) is 2.22. The summed E-state index contributed by atoms with van der Waals surface area (Å²) in [6.45, 7) is 8.88. The van der Waals surface area contributed by atoms with Crippen molar-refractivity contribution in [1.82, 2.24) is 5.32 Å². The van der Waals surface area contributed by atoms with Crippen LogP contribution in [0.4, 0.5) is 0 Å². The Morgan fingerprint density at radius 1 is 1.73 bits per heavy atom. The molecule has 1 saturated heterocycles. The van der Waals surface area contributed by atoms with Gasteiger partial charge >= 0.3 is 0 Å². The molecule has 1 heterocycles. The average Bonchev–Trinajstić information content (AvgIpc) is 2.52. The Bertz CT molecular complexity index is 128. The molecule has 0 aromatic heterocycles. The second-order valence-electron chi connectivity index (χ2n) is 3.07. The predicted octanol–water partition coefficient (Wildman–Crippen LogP) is 1.54. The van der Waals surface area contributed by atoms with Crippen LogP contribution in [0.1, 0.15) is 19.8 Å². The standard InChI is InChI=1S/C9H17NO/c1-3-8(2)10-6-9-4-5-11-7-9/h9-10H,2-7H2,1H3. The summed E-state index contributed by atoms with van der Waals surface area (Å²) in [7, 11) is 0. The summed E-state index contributed by atoms with van der Waals surface area (Å²) >= 11 is 0. The van der Waals surface area contributed by atoms with Gasteiger partial charge in [0.05, 0.1) is 6.61 Å². The van der Waals surface area contributed by atoms with E-state index < -0.39 is 0 Å². The zero-order chi connectivity index (χ0) is 8.10. The molecule has 0 aliphatic carbocycles. The lowest BCUT2D eigenvalue weighted by Crippen LogP contribution is -2.21. The minimum absolute atomic E-state index is 0.707. The summed E-state index contributed by atoms with van der Waals surface area (Å²) < 4.78 is 5.25.